The molecule has 21 heavy (non-hydrogen) atoms. The van der Waals surface area contributed by atoms with Crippen LogP contribution in [0, 0.1) is 5.92 Å². The number of carbonyl (C=O) groups excluding carboxylic acids is 1. The molecule has 0 aliphatic carbocycles. The molecule has 2 aliphatic rings. The van der Waals surface area contributed by atoms with Crippen LogP contribution in [-0.2, 0) is 9.53 Å². The van der Waals surface area contributed by atoms with E-state index in [4.69, 9.17) is 10.5 Å². The Balaban J connectivity index is 1.52. The highest BCUT2D eigenvalue weighted by molar-refractivity contribution is 7.09. The van der Waals surface area contributed by atoms with Gasteiger partial charge < -0.3 is 15.4 Å². The summed E-state index contributed by atoms with van der Waals surface area (Å²) in [4.78, 5) is 18.9. The van der Waals surface area contributed by atoms with Crippen LogP contribution in [0.3, 0.4) is 0 Å². The number of amides is 1. The zero-order valence-corrected chi connectivity index (χ0v) is 13.1. The minimum Gasteiger partial charge on any atom is -0.381 e. The lowest BCUT2D eigenvalue weighted by molar-refractivity contribution is -0.135. The third-order valence-corrected chi connectivity index (χ3v) is 5.60. The average molecular weight is 309 g/mol. The Hall–Kier alpha value is -0.980. The molecule has 0 saturated carbocycles. The molecule has 1 unspecified atom stereocenters. The van der Waals surface area contributed by atoms with Crippen LogP contribution in [0.1, 0.15) is 36.6 Å². The Morgan fingerprint density at radius 1 is 1.33 bits per heavy atom. The van der Waals surface area contributed by atoms with E-state index in [1.165, 1.54) is 5.01 Å². The second-order valence-electron chi connectivity index (χ2n) is 5.95. The highest BCUT2D eigenvalue weighted by Gasteiger charge is 2.32. The summed E-state index contributed by atoms with van der Waals surface area (Å²) in [5, 5.41) is 3.23. The van der Waals surface area contributed by atoms with Crippen molar-refractivity contribution in [2.75, 3.05) is 26.3 Å². The molecule has 0 aromatic carbocycles. The molecule has 1 atom stereocenters. The van der Waals surface area contributed by atoms with Crippen LogP contribution in [0.25, 0.3) is 0 Å². The van der Waals surface area contributed by atoms with E-state index in [-0.39, 0.29) is 17.9 Å². The van der Waals surface area contributed by atoms with Crippen molar-refractivity contribution in [3.63, 3.8) is 0 Å². The molecule has 5 nitrogen and oxygen atoms in total. The molecule has 1 aromatic heterocycles. The van der Waals surface area contributed by atoms with Crippen LogP contribution in [0.2, 0.25) is 0 Å². The number of thiazole rings is 1. The Labute approximate surface area is 129 Å². The summed E-state index contributed by atoms with van der Waals surface area (Å²) in [5.74, 6) is 0.913. The van der Waals surface area contributed by atoms with Gasteiger partial charge in [0.1, 0.15) is 0 Å². The highest BCUT2D eigenvalue weighted by Crippen LogP contribution is 2.30. The number of likely N-dealkylation sites (tertiary alicyclic amines) is 1. The lowest BCUT2D eigenvalue weighted by atomic mass is 9.90. The predicted molar refractivity (Wildman–Crippen MR) is 82.2 cm³/mol. The highest BCUT2D eigenvalue weighted by atomic mass is 32.1. The SMILES string of the molecule is NC(C(=O)N1CCC(c2nccs2)CC1)C1CCOCC1. The maximum Gasteiger partial charge on any atom is 0.239 e. The monoisotopic (exact) mass is 309 g/mol. The van der Waals surface area contributed by atoms with Gasteiger partial charge in [0, 0.05) is 43.8 Å². The first-order valence-corrected chi connectivity index (χ1v) is 8.65. The number of nitrogens with two attached hydrogens (primary N) is 1. The van der Waals surface area contributed by atoms with Gasteiger partial charge in [0.15, 0.2) is 0 Å². The maximum absolute atomic E-state index is 12.5. The van der Waals surface area contributed by atoms with Crippen LogP contribution >= 0.6 is 11.3 Å². The van der Waals surface area contributed by atoms with Crippen molar-refractivity contribution in [3.05, 3.63) is 16.6 Å². The Morgan fingerprint density at radius 3 is 2.67 bits per heavy atom. The van der Waals surface area contributed by atoms with Crippen LogP contribution in [0.5, 0.6) is 0 Å². The van der Waals surface area contributed by atoms with Crippen molar-refractivity contribution in [2.24, 2.45) is 11.7 Å². The first-order chi connectivity index (χ1) is 10.3. The molecule has 1 amide bonds. The van der Waals surface area contributed by atoms with Crippen molar-refractivity contribution in [1.29, 1.82) is 0 Å². The fraction of sp³-hybridized carbons (Fsp3) is 0.733. The molecule has 1 aromatic rings. The fourth-order valence-electron chi connectivity index (χ4n) is 3.27. The molecule has 3 rings (SSSR count). The van der Waals surface area contributed by atoms with Crippen molar-refractivity contribution in [2.45, 2.75) is 37.6 Å². The first-order valence-electron chi connectivity index (χ1n) is 7.77. The van der Waals surface area contributed by atoms with E-state index in [0.29, 0.717) is 5.92 Å². The summed E-state index contributed by atoms with van der Waals surface area (Å²) < 4.78 is 5.34. The van der Waals surface area contributed by atoms with Gasteiger partial charge in [0.25, 0.3) is 0 Å². The number of hydrogen-bond donors (Lipinski definition) is 1. The summed E-state index contributed by atoms with van der Waals surface area (Å²) in [7, 11) is 0. The number of ether oxygens (including phenoxy) is 1. The topological polar surface area (TPSA) is 68.5 Å². The number of piperidine rings is 1. The van der Waals surface area contributed by atoms with E-state index < -0.39 is 0 Å². The van der Waals surface area contributed by atoms with Gasteiger partial charge in [-0.3, -0.25) is 4.79 Å². The van der Waals surface area contributed by atoms with Gasteiger partial charge in [-0.15, -0.1) is 11.3 Å². The van der Waals surface area contributed by atoms with E-state index in [0.717, 1.165) is 52.0 Å². The van der Waals surface area contributed by atoms with E-state index in [1.807, 2.05) is 16.5 Å². The third kappa shape index (κ3) is 3.44. The van der Waals surface area contributed by atoms with Crippen molar-refractivity contribution < 1.29 is 9.53 Å². The second-order valence-corrected chi connectivity index (χ2v) is 6.87. The van der Waals surface area contributed by atoms with Gasteiger partial charge in [0.2, 0.25) is 5.91 Å². The van der Waals surface area contributed by atoms with E-state index in [9.17, 15) is 4.79 Å². The van der Waals surface area contributed by atoms with E-state index in [1.54, 1.807) is 11.3 Å². The second kappa shape index (κ2) is 6.85. The molecule has 3 heterocycles. The molecule has 2 fully saturated rings. The maximum atomic E-state index is 12.5. The largest absolute Gasteiger partial charge is 0.381 e. The Bertz CT molecular complexity index is 451. The Kier molecular flexibility index (Phi) is 4.87. The van der Waals surface area contributed by atoms with Gasteiger partial charge in [-0.2, -0.15) is 0 Å². The van der Waals surface area contributed by atoms with E-state index >= 15 is 0 Å². The number of aromatic nitrogens is 1. The van der Waals surface area contributed by atoms with Crippen molar-refractivity contribution in [3.8, 4) is 0 Å². The van der Waals surface area contributed by atoms with Crippen LogP contribution < -0.4 is 5.73 Å². The molecule has 0 spiro atoms. The molecular formula is C15H23N3O2S. The van der Waals surface area contributed by atoms with Crippen molar-refractivity contribution >= 4 is 17.2 Å². The lowest BCUT2D eigenvalue weighted by Gasteiger charge is -2.35. The summed E-state index contributed by atoms with van der Waals surface area (Å²) >= 11 is 1.71. The summed E-state index contributed by atoms with van der Waals surface area (Å²) in [5.41, 5.74) is 6.19. The average Bonchev–Trinajstić information content (AvgIpc) is 3.09. The molecular weight excluding hydrogens is 286 g/mol. The zero-order chi connectivity index (χ0) is 14.7. The molecule has 0 radical (unpaired) electrons. The molecule has 2 aliphatic heterocycles. The van der Waals surface area contributed by atoms with Crippen LogP contribution in [0.4, 0.5) is 0 Å². The number of hydrogen-bond acceptors (Lipinski definition) is 5. The third-order valence-electron chi connectivity index (χ3n) is 4.67. The standard InChI is InChI=1S/C15H23N3O2S/c16-13(11-3-8-20-9-4-11)15(19)18-6-1-12(2-7-18)14-17-5-10-21-14/h5,10-13H,1-4,6-9,16H2. The minimum absolute atomic E-state index is 0.125. The normalized spacial score (nSPS) is 23.2. The summed E-state index contributed by atoms with van der Waals surface area (Å²) in [6.07, 6.45) is 5.67. The smallest absolute Gasteiger partial charge is 0.239 e. The lowest BCUT2D eigenvalue weighted by Crippen LogP contribution is -2.51. The van der Waals surface area contributed by atoms with E-state index in [2.05, 4.69) is 4.98 Å². The van der Waals surface area contributed by atoms with Gasteiger partial charge in [-0.05, 0) is 31.6 Å². The zero-order valence-electron chi connectivity index (χ0n) is 12.2. The summed E-state index contributed by atoms with van der Waals surface area (Å²) in [6.45, 7) is 3.08. The van der Waals surface area contributed by atoms with Crippen LogP contribution in [-0.4, -0.2) is 48.1 Å². The van der Waals surface area contributed by atoms with Gasteiger partial charge in [0.05, 0.1) is 11.0 Å². The van der Waals surface area contributed by atoms with Gasteiger partial charge in [-0.1, -0.05) is 0 Å². The van der Waals surface area contributed by atoms with Crippen LogP contribution in [0.15, 0.2) is 11.6 Å². The number of rotatable bonds is 3. The number of carbonyl (C=O) groups is 1. The Morgan fingerprint density at radius 2 is 2.05 bits per heavy atom. The molecule has 116 valence electrons. The quantitative estimate of drug-likeness (QED) is 0.921. The van der Waals surface area contributed by atoms with Gasteiger partial charge in [-0.25, -0.2) is 4.98 Å². The molecule has 2 N–H and O–H groups in total. The summed E-state index contributed by atoms with van der Waals surface area (Å²) in [6, 6.07) is -0.356. The van der Waals surface area contributed by atoms with Gasteiger partial charge >= 0.3 is 0 Å². The fourth-order valence-corrected chi connectivity index (χ4v) is 4.08. The number of nitrogens with zero attached hydrogens (tertiary/aromatic N) is 2. The molecule has 6 heteroatoms. The first kappa shape index (κ1) is 14.9. The molecule has 0 bridgehead atoms. The van der Waals surface area contributed by atoms with Crippen molar-refractivity contribution in [1.82, 2.24) is 9.88 Å². The predicted octanol–water partition coefficient (Wildman–Crippen LogP) is 1.60. The minimum atomic E-state index is -0.356. The molecule has 2 saturated heterocycles.